The van der Waals surface area contributed by atoms with Crippen LogP contribution in [-0.4, -0.2) is 22.2 Å². The topological polar surface area (TPSA) is 88.5 Å². The van der Waals surface area contributed by atoms with Crippen molar-refractivity contribution in [3.05, 3.63) is 84.1 Å². The van der Waals surface area contributed by atoms with Gasteiger partial charge in [-0.2, -0.15) is 0 Å². The first-order valence-corrected chi connectivity index (χ1v) is 10.4. The number of aromatic nitrogens is 1. The van der Waals surface area contributed by atoms with Crippen LogP contribution in [0.3, 0.4) is 0 Å². The Labute approximate surface area is 187 Å². The predicted molar refractivity (Wildman–Crippen MR) is 125 cm³/mol. The zero-order chi connectivity index (χ0) is 23.4. The van der Waals surface area contributed by atoms with Crippen molar-refractivity contribution in [3.63, 3.8) is 0 Å². The summed E-state index contributed by atoms with van der Waals surface area (Å²) in [5.41, 5.74) is 0.647. The Morgan fingerprint density at radius 1 is 1.09 bits per heavy atom. The smallest absolute Gasteiger partial charge is 0.408 e. The molecule has 3 aromatic rings. The minimum atomic E-state index is -1.67. The largest absolute Gasteiger partial charge is 0.479 e. The lowest BCUT2D eigenvalue weighted by atomic mass is 9.75. The summed E-state index contributed by atoms with van der Waals surface area (Å²) in [5, 5.41) is 13.8. The lowest BCUT2D eigenvalue weighted by Gasteiger charge is -2.36. The Balaban J connectivity index is 1.98. The molecule has 0 spiro atoms. The summed E-state index contributed by atoms with van der Waals surface area (Å²) >= 11 is 0. The van der Waals surface area contributed by atoms with Crippen molar-refractivity contribution in [2.75, 3.05) is 0 Å². The maximum atomic E-state index is 12.7. The van der Waals surface area contributed by atoms with Crippen molar-refractivity contribution in [1.29, 1.82) is 0 Å². The average Bonchev–Trinajstić information content (AvgIpc) is 2.76. The van der Waals surface area contributed by atoms with Crippen LogP contribution in [0, 0.1) is 5.41 Å². The summed E-state index contributed by atoms with van der Waals surface area (Å²) in [4.78, 5) is 29.9. The predicted octanol–water partition coefficient (Wildman–Crippen LogP) is 5.52. The van der Waals surface area contributed by atoms with Crippen molar-refractivity contribution >= 4 is 29.0 Å². The SMILES string of the molecule is C=Cc1ccc2cc(C(CC(C)(C)C)(NC(=O)OCc3ccccc3)C(=O)O)ccc2n1. The zero-order valence-corrected chi connectivity index (χ0v) is 18.6. The van der Waals surface area contributed by atoms with Gasteiger partial charge in [-0.3, -0.25) is 0 Å². The highest BCUT2D eigenvalue weighted by Gasteiger charge is 2.45. The average molecular weight is 433 g/mol. The number of pyridine rings is 1. The third-order valence-corrected chi connectivity index (χ3v) is 5.10. The number of carboxylic acids is 1. The number of hydrogen-bond donors (Lipinski definition) is 2. The standard InChI is InChI=1S/C26H28N2O4/c1-5-21-13-11-19-15-20(12-14-22(19)27-21)26(23(29)30,17-25(2,3)4)28-24(31)32-16-18-9-7-6-8-10-18/h5-15H,1,16-17H2,2-4H3,(H,28,31)(H,29,30). The normalized spacial score (nSPS) is 13.2. The van der Waals surface area contributed by atoms with Gasteiger partial charge in [-0.05, 0) is 47.2 Å². The van der Waals surface area contributed by atoms with Crippen LogP contribution in [0.2, 0.25) is 0 Å². The molecule has 0 bridgehead atoms. The molecule has 1 heterocycles. The van der Waals surface area contributed by atoms with E-state index in [1.165, 1.54) is 0 Å². The summed E-state index contributed by atoms with van der Waals surface area (Å²) in [6, 6.07) is 18.1. The quantitative estimate of drug-likeness (QED) is 0.513. The zero-order valence-electron chi connectivity index (χ0n) is 18.6. The summed E-state index contributed by atoms with van der Waals surface area (Å²) in [5.74, 6) is -1.15. The van der Waals surface area contributed by atoms with Crippen LogP contribution in [0.5, 0.6) is 0 Å². The molecule has 1 aromatic heterocycles. The van der Waals surface area contributed by atoms with Crippen LogP contribution >= 0.6 is 0 Å². The van der Waals surface area contributed by atoms with Crippen LogP contribution in [0.15, 0.2) is 67.2 Å². The number of fused-ring (bicyclic) bond motifs is 1. The second-order valence-electron chi connectivity index (χ2n) is 8.98. The van der Waals surface area contributed by atoms with E-state index in [2.05, 4.69) is 16.9 Å². The van der Waals surface area contributed by atoms with Crippen molar-refractivity contribution in [1.82, 2.24) is 10.3 Å². The number of ether oxygens (including phenoxy) is 1. The highest BCUT2D eigenvalue weighted by atomic mass is 16.5. The maximum Gasteiger partial charge on any atom is 0.408 e. The van der Waals surface area contributed by atoms with Gasteiger partial charge < -0.3 is 15.2 Å². The molecular weight excluding hydrogens is 404 g/mol. The number of carboxylic acid groups (broad SMARTS) is 1. The van der Waals surface area contributed by atoms with Crippen LogP contribution in [0.4, 0.5) is 4.79 Å². The van der Waals surface area contributed by atoms with E-state index in [1.54, 1.807) is 24.3 Å². The minimum absolute atomic E-state index is 0.0455. The Hall–Kier alpha value is -3.67. The molecule has 1 atom stereocenters. The highest BCUT2D eigenvalue weighted by molar-refractivity contribution is 5.89. The number of rotatable bonds is 7. The minimum Gasteiger partial charge on any atom is -0.479 e. The van der Waals surface area contributed by atoms with Crippen LogP contribution in [0.25, 0.3) is 17.0 Å². The molecule has 6 heteroatoms. The van der Waals surface area contributed by atoms with Gasteiger partial charge in [0.1, 0.15) is 6.61 Å². The number of carbonyl (C=O) groups is 2. The molecule has 0 radical (unpaired) electrons. The Morgan fingerprint density at radius 2 is 1.81 bits per heavy atom. The van der Waals surface area contributed by atoms with Gasteiger partial charge in [0.05, 0.1) is 11.2 Å². The van der Waals surface area contributed by atoms with Gasteiger partial charge in [0.15, 0.2) is 5.54 Å². The second-order valence-corrected chi connectivity index (χ2v) is 8.98. The van der Waals surface area contributed by atoms with E-state index in [0.29, 0.717) is 11.1 Å². The van der Waals surface area contributed by atoms with E-state index in [9.17, 15) is 14.7 Å². The van der Waals surface area contributed by atoms with E-state index in [0.717, 1.165) is 16.6 Å². The first kappa shape index (κ1) is 23.0. The molecule has 6 nitrogen and oxygen atoms in total. The molecule has 0 saturated carbocycles. The number of hydrogen-bond acceptors (Lipinski definition) is 4. The van der Waals surface area contributed by atoms with E-state index >= 15 is 0 Å². The van der Waals surface area contributed by atoms with Gasteiger partial charge in [0.25, 0.3) is 0 Å². The Morgan fingerprint density at radius 3 is 2.44 bits per heavy atom. The molecule has 166 valence electrons. The number of benzene rings is 2. The van der Waals surface area contributed by atoms with E-state index in [-0.39, 0.29) is 13.0 Å². The van der Waals surface area contributed by atoms with Gasteiger partial charge in [-0.25, -0.2) is 14.6 Å². The fraction of sp³-hybridized carbons (Fsp3) is 0.269. The van der Waals surface area contributed by atoms with E-state index in [4.69, 9.17) is 4.74 Å². The van der Waals surface area contributed by atoms with Crippen molar-refractivity contribution in [2.45, 2.75) is 39.3 Å². The van der Waals surface area contributed by atoms with Gasteiger partial charge in [-0.1, -0.05) is 69.8 Å². The molecule has 0 aliphatic heterocycles. The van der Waals surface area contributed by atoms with Crippen LogP contribution < -0.4 is 5.32 Å². The van der Waals surface area contributed by atoms with Gasteiger partial charge in [0.2, 0.25) is 0 Å². The van der Waals surface area contributed by atoms with Crippen LogP contribution in [0.1, 0.15) is 44.0 Å². The summed E-state index contributed by atoms with van der Waals surface area (Å²) < 4.78 is 5.35. The van der Waals surface area contributed by atoms with Crippen molar-refractivity contribution < 1.29 is 19.4 Å². The number of amides is 1. The molecule has 0 fully saturated rings. The Bertz CT molecular complexity index is 1140. The van der Waals surface area contributed by atoms with Crippen LogP contribution in [-0.2, 0) is 21.7 Å². The number of nitrogens with one attached hydrogen (secondary N) is 1. The van der Waals surface area contributed by atoms with Gasteiger partial charge in [-0.15, -0.1) is 0 Å². The molecule has 0 saturated heterocycles. The lowest BCUT2D eigenvalue weighted by molar-refractivity contribution is -0.146. The summed E-state index contributed by atoms with van der Waals surface area (Å²) in [6.07, 6.45) is 1.03. The molecule has 32 heavy (non-hydrogen) atoms. The molecule has 1 unspecified atom stereocenters. The number of carbonyl (C=O) groups excluding carboxylic acids is 1. The molecular formula is C26H28N2O4. The lowest BCUT2D eigenvalue weighted by Crippen LogP contribution is -2.54. The van der Waals surface area contributed by atoms with Gasteiger partial charge >= 0.3 is 12.1 Å². The first-order valence-electron chi connectivity index (χ1n) is 10.4. The molecule has 2 aromatic carbocycles. The molecule has 3 rings (SSSR count). The number of alkyl carbamates (subject to hydrolysis) is 1. The number of nitrogens with zero attached hydrogens (tertiary/aromatic N) is 1. The first-order chi connectivity index (χ1) is 15.1. The van der Waals surface area contributed by atoms with E-state index in [1.807, 2.05) is 63.2 Å². The molecule has 0 aliphatic carbocycles. The fourth-order valence-corrected chi connectivity index (χ4v) is 3.72. The molecule has 2 N–H and O–H groups in total. The monoisotopic (exact) mass is 432 g/mol. The molecule has 0 aliphatic rings. The van der Waals surface area contributed by atoms with E-state index < -0.39 is 23.0 Å². The third kappa shape index (κ3) is 5.32. The summed E-state index contributed by atoms with van der Waals surface area (Å²) in [6.45, 7) is 9.57. The van der Waals surface area contributed by atoms with Crippen molar-refractivity contribution in [3.8, 4) is 0 Å². The summed E-state index contributed by atoms with van der Waals surface area (Å²) in [7, 11) is 0. The Kier molecular flexibility index (Phi) is 6.63. The third-order valence-electron chi connectivity index (χ3n) is 5.10. The number of aliphatic carboxylic acids is 1. The fourth-order valence-electron chi connectivity index (χ4n) is 3.72. The van der Waals surface area contributed by atoms with Gasteiger partial charge in [0, 0.05) is 5.39 Å². The highest BCUT2D eigenvalue weighted by Crippen LogP contribution is 2.36. The second kappa shape index (κ2) is 9.22. The molecule has 1 amide bonds. The maximum absolute atomic E-state index is 12.7. The van der Waals surface area contributed by atoms with Crippen molar-refractivity contribution in [2.24, 2.45) is 5.41 Å².